The number of hydrogen-bond acceptors (Lipinski definition) is 2. The molecule has 2 aromatic heterocycles. The van der Waals surface area contributed by atoms with Gasteiger partial charge in [0, 0.05) is 25.5 Å². The quantitative estimate of drug-likeness (QED) is 0.688. The molecule has 1 aromatic carbocycles. The summed E-state index contributed by atoms with van der Waals surface area (Å²) < 4.78 is 4.26. The molecular weight excluding hydrogens is 272 g/mol. The summed E-state index contributed by atoms with van der Waals surface area (Å²) in [7, 11) is 0. The van der Waals surface area contributed by atoms with E-state index in [1.54, 1.807) is 6.20 Å². The largest absolute Gasteiger partial charge is 0.336 e. The Balaban J connectivity index is 2.00. The third kappa shape index (κ3) is 2.43. The van der Waals surface area contributed by atoms with Gasteiger partial charge < -0.3 is 9.13 Å². The van der Waals surface area contributed by atoms with E-state index in [4.69, 9.17) is 11.6 Å². The Bertz CT molecular complexity index is 713. The van der Waals surface area contributed by atoms with Crippen LogP contribution in [0.25, 0.3) is 11.0 Å². The number of hydrogen-bond donors (Lipinski definition) is 0. The SMILES string of the molecule is Cc1ccc2c(c1)nc(C(C)Cl)n2CCn1ccnc1. The van der Waals surface area contributed by atoms with E-state index < -0.39 is 0 Å². The minimum atomic E-state index is -0.106. The molecule has 0 bridgehead atoms. The van der Waals surface area contributed by atoms with Gasteiger partial charge in [-0.25, -0.2) is 9.97 Å². The molecule has 0 aliphatic heterocycles. The fourth-order valence-corrected chi connectivity index (χ4v) is 2.60. The Labute approximate surface area is 123 Å². The Morgan fingerprint density at radius 3 is 2.85 bits per heavy atom. The molecule has 4 nitrogen and oxygen atoms in total. The number of aromatic nitrogens is 4. The second kappa shape index (κ2) is 5.29. The first kappa shape index (κ1) is 13.2. The normalized spacial score (nSPS) is 12.9. The van der Waals surface area contributed by atoms with E-state index >= 15 is 0 Å². The highest BCUT2D eigenvalue weighted by Gasteiger charge is 2.14. The zero-order valence-electron chi connectivity index (χ0n) is 11.6. The molecule has 3 aromatic rings. The van der Waals surface area contributed by atoms with Crippen molar-refractivity contribution in [3.8, 4) is 0 Å². The number of rotatable bonds is 4. The van der Waals surface area contributed by atoms with Crippen LogP contribution in [-0.4, -0.2) is 19.1 Å². The maximum Gasteiger partial charge on any atom is 0.127 e. The van der Waals surface area contributed by atoms with Gasteiger partial charge in [0.05, 0.1) is 22.7 Å². The number of imidazole rings is 2. The molecule has 0 aliphatic carbocycles. The number of nitrogens with zero attached hydrogens (tertiary/aromatic N) is 4. The van der Waals surface area contributed by atoms with Crippen LogP contribution in [0.15, 0.2) is 36.9 Å². The van der Waals surface area contributed by atoms with Crippen molar-refractivity contribution in [2.45, 2.75) is 32.3 Å². The number of benzene rings is 1. The highest BCUT2D eigenvalue weighted by atomic mass is 35.5. The van der Waals surface area contributed by atoms with Crippen LogP contribution < -0.4 is 0 Å². The van der Waals surface area contributed by atoms with E-state index in [9.17, 15) is 0 Å². The van der Waals surface area contributed by atoms with Crippen LogP contribution in [0, 0.1) is 6.92 Å². The molecule has 1 unspecified atom stereocenters. The molecule has 0 saturated heterocycles. The second-order valence-corrected chi connectivity index (χ2v) is 5.68. The van der Waals surface area contributed by atoms with Gasteiger partial charge in [0.15, 0.2) is 0 Å². The molecule has 0 amide bonds. The van der Waals surface area contributed by atoms with Crippen molar-refractivity contribution in [1.82, 2.24) is 19.1 Å². The Kier molecular flexibility index (Phi) is 3.49. The molecule has 0 fully saturated rings. The van der Waals surface area contributed by atoms with Gasteiger partial charge in [-0.2, -0.15) is 0 Å². The molecule has 0 saturated carbocycles. The van der Waals surface area contributed by atoms with E-state index in [0.717, 1.165) is 29.9 Å². The van der Waals surface area contributed by atoms with Crippen LogP contribution in [0.2, 0.25) is 0 Å². The van der Waals surface area contributed by atoms with Crippen LogP contribution in [0.5, 0.6) is 0 Å². The average Bonchev–Trinajstić information content (AvgIpc) is 3.02. The van der Waals surface area contributed by atoms with E-state index in [2.05, 4.69) is 44.2 Å². The summed E-state index contributed by atoms with van der Waals surface area (Å²) in [5.74, 6) is 0.924. The van der Waals surface area contributed by atoms with Crippen molar-refractivity contribution in [2.75, 3.05) is 0 Å². The summed E-state index contributed by atoms with van der Waals surface area (Å²) in [4.78, 5) is 8.74. The molecule has 0 radical (unpaired) electrons. The first-order valence-corrected chi connectivity index (χ1v) is 7.15. The smallest absolute Gasteiger partial charge is 0.127 e. The van der Waals surface area contributed by atoms with Gasteiger partial charge in [-0.1, -0.05) is 6.07 Å². The number of aryl methyl sites for hydroxylation is 3. The van der Waals surface area contributed by atoms with Crippen LogP contribution in [0.1, 0.15) is 23.7 Å². The molecule has 104 valence electrons. The van der Waals surface area contributed by atoms with Crippen LogP contribution in [0.4, 0.5) is 0 Å². The lowest BCUT2D eigenvalue weighted by atomic mass is 10.2. The zero-order chi connectivity index (χ0) is 14.1. The van der Waals surface area contributed by atoms with Gasteiger partial charge in [0.2, 0.25) is 0 Å². The van der Waals surface area contributed by atoms with Crippen LogP contribution >= 0.6 is 11.6 Å². The minimum Gasteiger partial charge on any atom is -0.336 e. The number of alkyl halides is 1. The molecule has 3 rings (SSSR count). The maximum atomic E-state index is 6.28. The van der Waals surface area contributed by atoms with Gasteiger partial charge in [0.1, 0.15) is 5.82 Å². The van der Waals surface area contributed by atoms with Gasteiger partial charge in [-0.3, -0.25) is 0 Å². The number of halogens is 1. The van der Waals surface area contributed by atoms with Gasteiger partial charge in [-0.05, 0) is 31.5 Å². The average molecular weight is 289 g/mol. The molecule has 1 atom stereocenters. The monoisotopic (exact) mass is 288 g/mol. The lowest BCUT2D eigenvalue weighted by Gasteiger charge is -2.11. The van der Waals surface area contributed by atoms with Gasteiger partial charge in [0.25, 0.3) is 0 Å². The lowest BCUT2D eigenvalue weighted by Crippen LogP contribution is -2.09. The van der Waals surface area contributed by atoms with Crippen LogP contribution in [0.3, 0.4) is 0 Å². The Hall–Kier alpha value is -1.81. The Morgan fingerprint density at radius 1 is 1.30 bits per heavy atom. The minimum absolute atomic E-state index is 0.106. The molecule has 0 spiro atoms. The molecule has 2 heterocycles. The van der Waals surface area contributed by atoms with Crippen molar-refractivity contribution in [3.63, 3.8) is 0 Å². The predicted molar refractivity (Wildman–Crippen MR) is 81.0 cm³/mol. The predicted octanol–water partition coefficient (Wildman–Crippen LogP) is 3.54. The van der Waals surface area contributed by atoms with Crippen molar-refractivity contribution >= 4 is 22.6 Å². The molecule has 0 N–H and O–H groups in total. The van der Waals surface area contributed by atoms with Crippen molar-refractivity contribution < 1.29 is 0 Å². The van der Waals surface area contributed by atoms with E-state index in [1.807, 2.05) is 19.4 Å². The summed E-state index contributed by atoms with van der Waals surface area (Å²) in [6.45, 7) is 5.73. The summed E-state index contributed by atoms with van der Waals surface area (Å²) >= 11 is 6.28. The first-order valence-electron chi connectivity index (χ1n) is 6.72. The lowest BCUT2D eigenvalue weighted by molar-refractivity contribution is 0.569. The molecular formula is C15H17ClN4. The second-order valence-electron chi connectivity index (χ2n) is 5.03. The molecule has 20 heavy (non-hydrogen) atoms. The summed E-state index contributed by atoms with van der Waals surface area (Å²) in [5, 5.41) is -0.106. The third-order valence-corrected chi connectivity index (χ3v) is 3.63. The summed E-state index contributed by atoms with van der Waals surface area (Å²) in [5.41, 5.74) is 3.36. The highest BCUT2D eigenvalue weighted by molar-refractivity contribution is 6.20. The van der Waals surface area contributed by atoms with Crippen molar-refractivity contribution in [2.24, 2.45) is 0 Å². The third-order valence-electron chi connectivity index (χ3n) is 3.43. The van der Waals surface area contributed by atoms with Crippen molar-refractivity contribution in [3.05, 3.63) is 48.3 Å². The van der Waals surface area contributed by atoms with Crippen LogP contribution in [-0.2, 0) is 13.1 Å². The van der Waals surface area contributed by atoms with Crippen molar-refractivity contribution in [1.29, 1.82) is 0 Å². The van der Waals surface area contributed by atoms with E-state index in [0.29, 0.717) is 0 Å². The van der Waals surface area contributed by atoms with Gasteiger partial charge >= 0.3 is 0 Å². The fourth-order valence-electron chi connectivity index (χ4n) is 2.43. The van der Waals surface area contributed by atoms with E-state index in [-0.39, 0.29) is 5.38 Å². The van der Waals surface area contributed by atoms with Gasteiger partial charge in [-0.15, -0.1) is 11.6 Å². The summed E-state index contributed by atoms with van der Waals surface area (Å²) in [6.07, 6.45) is 5.58. The zero-order valence-corrected chi connectivity index (χ0v) is 12.4. The highest BCUT2D eigenvalue weighted by Crippen LogP contribution is 2.25. The fraction of sp³-hybridized carbons (Fsp3) is 0.333. The Morgan fingerprint density at radius 2 is 2.15 bits per heavy atom. The maximum absolute atomic E-state index is 6.28. The standard InChI is InChI=1S/C15H17ClN4/c1-11-3-4-14-13(9-11)18-15(12(2)16)20(14)8-7-19-6-5-17-10-19/h3-6,9-10,12H,7-8H2,1-2H3. The summed E-state index contributed by atoms with van der Waals surface area (Å²) in [6, 6.07) is 6.33. The van der Waals surface area contributed by atoms with E-state index in [1.165, 1.54) is 5.56 Å². The molecule has 0 aliphatic rings. The first-order chi connectivity index (χ1) is 9.65. The number of fused-ring (bicyclic) bond motifs is 1. The topological polar surface area (TPSA) is 35.6 Å². The molecule has 5 heteroatoms.